The van der Waals surface area contributed by atoms with Crippen molar-refractivity contribution in [2.45, 2.75) is 39.2 Å². The maximum absolute atomic E-state index is 12.7. The number of rotatable bonds is 9. The molecule has 1 amide bonds. The number of hydrogen-bond acceptors (Lipinski definition) is 3. The molecule has 22 heavy (non-hydrogen) atoms. The minimum atomic E-state index is -1.02. The summed E-state index contributed by atoms with van der Waals surface area (Å²) in [5.41, 5.74) is 0. The molecule has 2 N–H and O–H groups in total. The number of halogens is 1. The molecule has 0 saturated carbocycles. The fourth-order valence-electron chi connectivity index (χ4n) is 1.91. The minimum absolute atomic E-state index is 0.184. The van der Waals surface area contributed by atoms with Crippen molar-refractivity contribution in [3.8, 4) is 5.75 Å². The van der Waals surface area contributed by atoms with Crippen LogP contribution >= 0.6 is 0 Å². The summed E-state index contributed by atoms with van der Waals surface area (Å²) in [7, 11) is 0. The number of benzene rings is 1. The Labute approximate surface area is 129 Å². The highest BCUT2D eigenvalue weighted by Gasteiger charge is 2.20. The summed E-state index contributed by atoms with van der Waals surface area (Å²) in [6.07, 6.45) is 1.04. The van der Waals surface area contributed by atoms with Gasteiger partial charge in [0.15, 0.2) is 0 Å². The van der Waals surface area contributed by atoms with Crippen molar-refractivity contribution >= 4 is 11.9 Å². The third-order valence-electron chi connectivity index (χ3n) is 2.97. The van der Waals surface area contributed by atoms with Crippen molar-refractivity contribution in [1.82, 2.24) is 5.32 Å². The fourth-order valence-corrected chi connectivity index (χ4v) is 1.91. The lowest BCUT2D eigenvalue weighted by molar-refractivity contribution is -0.142. The molecule has 0 saturated heterocycles. The average Bonchev–Trinajstić information content (AvgIpc) is 2.44. The highest BCUT2D eigenvalue weighted by molar-refractivity contribution is 5.83. The van der Waals surface area contributed by atoms with Crippen LogP contribution in [0.15, 0.2) is 24.3 Å². The van der Waals surface area contributed by atoms with Crippen LogP contribution in [0, 0.1) is 11.7 Å². The molecule has 0 aliphatic heterocycles. The molecule has 122 valence electrons. The van der Waals surface area contributed by atoms with Gasteiger partial charge in [-0.25, -0.2) is 9.18 Å². The molecule has 0 aliphatic carbocycles. The normalized spacial score (nSPS) is 12.0. The zero-order valence-corrected chi connectivity index (χ0v) is 12.8. The fraction of sp³-hybridized carbons (Fsp3) is 0.500. The van der Waals surface area contributed by atoms with Gasteiger partial charge in [0, 0.05) is 6.42 Å². The number of aliphatic carboxylic acids is 1. The summed E-state index contributed by atoms with van der Waals surface area (Å²) in [6.45, 7) is 4.11. The Morgan fingerprint density at radius 3 is 2.45 bits per heavy atom. The molecule has 1 aromatic rings. The van der Waals surface area contributed by atoms with E-state index in [0.717, 1.165) is 0 Å². The van der Waals surface area contributed by atoms with Gasteiger partial charge in [-0.2, -0.15) is 0 Å². The second-order valence-electron chi connectivity index (χ2n) is 5.49. The van der Waals surface area contributed by atoms with E-state index < -0.39 is 12.0 Å². The van der Waals surface area contributed by atoms with Gasteiger partial charge in [-0.3, -0.25) is 4.79 Å². The van der Waals surface area contributed by atoms with E-state index in [1.54, 1.807) is 0 Å². The van der Waals surface area contributed by atoms with E-state index in [4.69, 9.17) is 9.84 Å². The van der Waals surface area contributed by atoms with Crippen LogP contribution in [0.2, 0.25) is 0 Å². The van der Waals surface area contributed by atoms with Gasteiger partial charge in [-0.1, -0.05) is 13.8 Å². The number of carbonyl (C=O) groups excluding carboxylic acids is 1. The highest BCUT2D eigenvalue weighted by Crippen LogP contribution is 2.11. The van der Waals surface area contributed by atoms with Gasteiger partial charge < -0.3 is 15.2 Å². The summed E-state index contributed by atoms with van der Waals surface area (Å²) in [6, 6.07) is 4.76. The number of carboxylic acids is 1. The van der Waals surface area contributed by atoms with Crippen LogP contribution in [0.3, 0.4) is 0 Å². The quantitative estimate of drug-likeness (QED) is 0.687. The van der Waals surface area contributed by atoms with Gasteiger partial charge in [-0.15, -0.1) is 0 Å². The van der Waals surface area contributed by atoms with Crippen LogP contribution in [0.25, 0.3) is 0 Å². The van der Waals surface area contributed by atoms with Crippen molar-refractivity contribution in [1.29, 1.82) is 0 Å². The molecule has 0 radical (unpaired) electrons. The van der Waals surface area contributed by atoms with Crippen molar-refractivity contribution in [3.63, 3.8) is 0 Å². The monoisotopic (exact) mass is 311 g/mol. The van der Waals surface area contributed by atoms with E-state index in [1.807, 2.05) is 13.8 Å². The summed E-state index contributed by atoms with van der Waals surface area (Å²) >= 11 is 0. The van der Waals surface area contributed by atoms with Crippen LogP contribution < -0.4 is 10.1 Å². The van der Waals surface area contributed by atoms with Crippen molar-refractivity contribution in [2.24, 2.45) is 5.92 Å². The van der Waals surface area contributed by atoms with Crippen molar-refractivity contribution < 1.29 is 23.8 Å². The maximum Gasteiger partial charge on any atom is 0.326 e. The van der Waals surface area contributed by atoms with Crippen LogP contribution in [0.5, 0.6) is 5.75 Å². The van der Waals surface area contributed by atoms with E-state index in [1.165, 1.54) is 24.3 Å². The molecule has 0 unspecified atom stereocenters. The lowest BCUT2D eigenvalue weighted by Gasteiger charge is -2.16. The molecule has 1 aromatic carbocycles. The standard InChI is InChI=1S/C16H22FNO4/c1-11(2)10-14(16(20)21)18-15(19)4-3-9-22-13-7-5-12(17)6-8-13/h5-8,11,14H,3-4,9-10H2,1-2H3,(H,18,19)(H,20,21)/t14-/m1/s1. The number of carboxylic acid groups (broad SMARTS) is 1. The van der Waals surface area contributed by atoms with E-state index in [0.29, 0.717) is 25.2 Å². The molecule has 0 heterocycles. The first kappa shape index (κ1) is 17.9. The molecule has 1 rings (SSSR count). The second kappa shape index (κ2) is 9.02. The Morgan fingerprint density at radius 1 is 1.27 bits per heavy atom. The van der Waals surface area contributed by atoms with E-state index in [-0.39, 0.29) is 24.1 Å². The average molecular weight is 311 g/mol. The Kier molecular flexibility index (Phi) is 7.36. The molecule has 6 heteroatoms. The molecule has 0 spiro atoms. The molecular weight excluding hydrogens is 289 g/mol. The first-order chi connectivity index (χ1) is 10.4. The van der Waals surface area contributed by atoms with Gasteiger partial charge in [0.05, 0.1) is 6.61 Å². The SMILES string of the molecule is CC(C)C[C@@H](NC(=O)CCCOc1ccc(F)cc1)C(=O)O. The topological polar surface area (TPSA) is 75.6 Å². The Hall–Kier alpha value is -2.11. The third-order valence-corrected chi connectivity index (χ3v) is 2.97. The molecule has 0 bridgehead atoms. The predicted molar refractivity (Wildman–Crippen MR) is 80.2 cm³/mol. The van der Waals surface area contributed by atoms with Gasteiger partial charge >= 0.3 is 5.97 Å². The summed E-state index contributed by atoms with van der Waals surface area (Å²) in [4.78, 5) is 22.8. The lowest BCUT2D eigenvalue weighted by Crippen LogP contribution is -2.41. The molecule has 0 aromatic heterocycles. The minimum Gasteiger partial charge on any atom is -0.494 e. The van der Waals surface area contributed by atoms with Gasteiger partial charge in [0.2, 0.25) is 5.91 Å². The molecule has 0 aliphatic rings. The van der Waals surface area contributed by atoms with Gasteiger partial charge in [0.25, 0.3) is 0 Å². The number of hydrogen-bond donors (Lipinski definition) is 2. The molecule has 0 fully saturated rings. The third kappa shape index (κ3) is 7.06. The van der Waals surface area contributed by atoms with Gasteiger partial charge in [0.1, 0.15) is 17.6 Å². The Morgan fingerprint density at radius 2 is 1.91 bits per heavy atom. The smallest absolute Gasteiger partial charge is 0.326 e. The number of ether oxygens (including phenoxy) is 1. The largest absolute Gasteiger partial charge is 0.494 e. The number of carbonyl (C=O) groups is 2. The molecule has 5 nitrogen and oxygen atoms in total. The number of nitrogens with one attached hydrogen (secondary N) is 1. The van der Waals surface area contributed by atoms with Crippen LogP contribution in [-0.4, -0.2) is 29.6 Å². The first-order valence-electron chi connectivity index (χ1n) is 7.29. The summed E-state index contributed by atoms with van der Waals surface area (Å²) < 4.78 is 18.1. The Bertz CT molecular complexity index is 487. The maximum atomic E-state index is 12.7. The van der Waals surface area contributed by atoms with E-state index in [2.05, 4.69) is 5.32 Å². The summed E-state index contributed by atoms with van der Waals surface area (Å²) in [5.74, 6) is -0.954. The molecule has 1 atom stereocenters. The number of amides is 1. The predicted octanol–water partition coefficient (Wildman–Crippen LogP) is 2.60. The molecular formula is C16H22FNO4. The van der Waals surface area contributed by atoms with Crippen molar-refractivity contribution in [2.75, 3.05) is 6.61 Å². The lowest BCUT2D eigenvalue weighted by atomic mass is 10.0. The second-order valence-corrected chi connectivity index (χ2v) is 5.49. The summed E-state index contributed by atoms with van der Waals surface area (Å²) in [5, 5.41) is 11.6. The van der Waals surface area contributed by atoms with Crippen molar-refractivity contribution in [3.05, 3.63) is 30.1 Å². The van der Waals surface area contributed by atoms with E-state index >= 15 is 0 Å². The zero-order chi connectivity index (χ0) is 16.5. The van der Waals surface area contributed by atoms with Crippen LogP contribution in [-0.2, 0) is 9.59 Å². The van der Waals surface area contributed by atoms with Crippen LogP contribution in [0.4, 0.5) is 4.39 Å². The highest BCUT2D eigenvalue weighted by atomic mass is 19.1. The Balaban J connectivity index is 2.27. The van der Waals surface area contributed by atoms with E-state index in [9.17, 15) is 14.0 Å². The first-order valence-corrected chi connectivity index (χ1v) is 7.29. The van der Waals surface area contributed by atoms with Crippen LogP contribution in [0.1, 0.15) is 33.1 Å². The van der Waals surface area contributed by atoms with Gasteiger partial charge in [-0.05, 0) is 43.0 Å². The zero-order valence-electron chi connectivity index (χ0n) is 12.8.